The molecular weight excluding hydrogens is 370 g/mol. The van der Waals surface area contributed by atoms with Crippen LogP contribution in [0.1, 0.15) is 13.8 Å². The number of hydrazone groups is 1. The summed E-state index contributed by atoms with van der Waals surface area (Å²) in [7, 11) is 0. The number of hydrogen-bond donors (Lipinski definition) is 1. The van der Waals surface area contributed by atoms with Crippen molar-refractivity contribution in [3.8, 4) is 11.5 Å². The van der Waals surface area contributed by atoms with Crippen molar-refractivity contribution in [1.29, 1.82) is 0 Å². The second-order valence-electron chi connectivity index (χ2n) is 6.47. The maximum atomic E-state index is 12.9. The van der Waals surface area contributed by atoms with E-state index in [0.717, 1.165) is 18.0 Å². The number of carbonyl (C=O) groups is 1. The van der Waals surface area contributed by atoms with Gasteiger partial charge >= 0.3 is 0 Å². The summed E-state index contributed by atoms with van der Waals surface area (Å²) in [5.41, 5.74) is 2.76. The molecule has 0 bridgehead atoms. The molecule has 0 fully saturated rings. The van der Waals surface area contributed by atoms with Crippen LogP contribution in [-0.4, -0.2) is 30.1 Å². The van der Waals surface area contributed by atoms with Crippen molar-refractivity contribution in [2.24, 2.45) is 5.10 Å². The minimum atomic E-state index is -0.401. The molecule has 1 N–H and O–H groups in total. The Morgan fingerprint density at radius 1 is 1.14 bits per heavy atom. The molecular formula is C22H21N3O4. The third kappa shape index (κ3) is 3.48. The highest BCUT2D eigenvalue weighted by Crippen LogP contribution is 2.38. The first-order chi connectivity index (χ1) is 14.1. The van der Waals surface area contributed by atoms with Gasteiger partial charge in [-0.05, 0) is 62.4 Å². The first-order valence-corrected chi connectivity index (χ1v) is 9.32. The average Bonchev–Trinajstić information content (AvgIpc) is 3.23. The topological polar surface area (TPSA) is 74.6 Å². The predicted octanol–water partition coefficient (Wildman–Crippen LogP) is 3.42. The molecule has 2 aliphatic rings. The minimum absolute atomic E-state index is 0.214. The standard InChI is InChI=1S/C22H21N3O4/c1-3-24-19-6-4-5-7-20(19)29-21(24)13-12-18-15(2)23-25(22(18)27)16-8-10-17(11-9-16)28-14-26/h4-13,26H,3,14H2,1-2H3/b18-12+,21-13+. The van der Waals surface area contributed by atoms with Gasteiger partial charge in [0.25, 0.3) is 5.91 Å². The van der Waals surface area contributed by atoms with Crippen molar-refractivity contribution in [3.63, 3.8) is 0 Å². The Morgan fingerprint density at radius 2 is 1.90 bits per heavy atom. The molecule has 2 heterocycles. The van der Waals surface area contributed by atoms with Gasteiger partial charge in [-0.25, -0.2) is 0 Å². The van der Waals surface area contributed by atoms with Crippen LogP contribution >= 0.6 is 0 Å². The zero-order valence-electron chi connectivity index (χ0n) is 16.2. The number of fused-ring (bicyclic) bond motifs is 1. The number of aliphatic hydroxyl groups is 1. The molecule has 7 heteroatoms. The van der Waals surface area contributed by atoms with Crippen LogP contribution in [0.5, 0.6) is 11.5 Å². The lowest BCUT2D eigenvalue weighted by molar-refractivity contribution is -0.114. The lowest BCUT2D eigenvalue weighted by atomic mass is 10.1. The van der Waals surface area contributed by atoms with E-state index < -0.39 is 6.79 Å². The third-order valence-corrected chi connectivity index (χ3v) is 4.72. The molecule has 0 atom stereocenters. The van der Waals surface area contributed by atoms with Crippen LogP contribution < -0.4 is 19.4 Å². The van der Waals surface area contributed by atoms with Gasteiger partial charge in [-0.15, -0.1) is 0 Å². The quantitative estimate of drug-likeness (QED) is 0.624. The summed E-state index contributed by atoms with van der Waals surface area (Å²) in [4.78, 5) is 14.9. The van der Waals surface area contributed by atoms with E-state index in [1.807, 2.05) is 31.2 Å². The fourth-order valence-electron chi connectivity index (χ4n) is 3.30. The number of hydrogen-bond acceptors (Lipinski definition) is 6. The first kappa shape index (κ1) is 18.8. The van der Waals surface area contributed by atoms with E-state index in [4.69, 9.17) is 14.6 Å². The van der Waals surface area contributed by atoms with Gasteiger partial charge in [-0.1, -0.05) is 12.1 Å². The van der Waals surface area contributed by atoms with Crippen LogP contribution in [0.25, 0.3) is 0 Å². The minimum Gasteiger partial charge on any atom is -0.468 e. The van der Waals surface area contributed by atoms with Crippen molar-refractivity contribution in [3.05, 3.63) is 72.1 Å². The van der Waals surface area contributed by atoms with E-state index in [-0.39, 0.29) is 5.91 Å². The lowest BCUT2D eigenvalue weighted by Gasteiger charge is -2.15. The number of rotatable bonds is 5. The molecule has 0 saturated carbocycles. The monoisotopic (exact) mass is 391 g/mol. The maximum absolute atomic E-state index is 12.9. The first-order valence-electron chi connectivity index (χ1n) is 9.32. The fourth-order valence-corrected chi connectivity index (χ4v) is 3.30. The Bertz CT molecular complexity index is 1020. The molecule has 2 aliphatic heterocycles. The lowest BCUT2D eigenvalue weighted by Crippen LogP contribution is -2.21. The molecule has 0 aliphatic carbocycles. The van der Waals surface area contributed by atoms with Gasteiger partial charge in [-0.3, -0.25) is 4.79 Å². The SMILES string of the molecule is CCN1/C(=C\C=C2\C(=O)N(c3ccc(OCO)cc3)N=C2C)Oc2ccccc21. The Hall–Kier alpha value is -3.58. The van der Waals surface area contributed by atoms with E-state index in [0.29, 0.717) is 28.6 Å². The molecule has 0 spiro atoms. The van der Waals surface area contributed by atoms with Crippen LogP contribution in [0, 0.1) is 0 Å². The number of benzene rings is 2. The summed E-state index contributed by atoms with van der Waals surface area (Å²) in [5, 5.41) is 14.6. The van der Waals surface area contributed by atoms with Crippen molar-refractivity contribution in [2.45, 2.75) is 13.8 Å². The summed E-state index contributed by atoms with van der Waals surface area (Å²) >= 11 is 0. The number of allylic oxidation sites excluding steroid dienone is 2. The smallest absolute Gasteiger partial charge is 0.280 e. The molecule has 2 aromatic rings. The zero-order valence-corrected chi connectivity index (χ0v) is 16.2. The molecule has 2 aromatic carbocycles. The summed E-state index contributed by atoms with van der Waals surface area (Å²) < 4.78 is 10.9. The molecule has 29 heavy (non-hydrogen) atoms. The number of para-hydroxylation sites is 2. The van der Waals surface area contributed by atoms with Gasteiger partial charge in [0, 0.05) is 6.54 Å². The van der Waals surface area contributed by atoms with Crippen molar-refractivity contribution in [2.75, 3.05) is 23.2 Å². The predicted molar refractivity (Wildman–Crippen MR) is 111 cm³/mol. The summed E-state index contributed by atoms with van der Waals surface area (Å²) in [6.07, 6.45) is 3.55. The van der Waals surface area contributed by atoms with E-state index >= 15 is 0 Å². The van der Waals surface area contributed by atoms with Gasteiger partial charge in [0.15, 0.2) is 12.5 Å². The number of nitrogens with zero attached hydrogens (tertiary/aromatic N) is 3. The highest BCUT2D eigenvalue weighted by atomic mass is 16.6. The molecule has 0 unspecified atom stereocenters. The number of aliphatic hydroxyl groups excluding tert-OH is 1. The second-order valence-corrected chi connectivity index (χ2v) is 6.47. The Labute approximate surface area is 168 Å². The van der Waals surface area contributed by atoms with Crippen LogP contribution in [-0.2, 0) is 4.79 Å². The average molecular weight is 391 g/mol. The summed E-state index contributed by atoms with van der Waals surface area (Å²) in [6, 6.07) is 14.6. The summed E-state index contributed by atoms with van der Waals surface area (Å²) in [6.45, 7) is 4.20. The van der Waals surface area contributed by atoms with E-state index in [2.05, 4.69) is 10.0 Å². The van der Waals surface area contributed by atoms with E-state index in [1.54, 1.807) is 43.3 Å². The van der Waals surface area contributed by atoms with Crippen LogP contribution in [0.15, 0.2) is 77.2 Å². The molecule has 0 aromatic heterocycles. The molecule has 1 amide bonds. The largest absolute Gasteiger partial charge is 0.468 e. The van der Waals surface area contributed by atoms with Gasteiger partial charge in [0.2, 0.25) is 5.88 Å². The van der Waals surface area contributed by atoms with Gasteiger partial charge < -0.3 is 19.5 Å². The Morgan fingerprint density at radius 3 is 2.62 bits per heavy atom. The van der Waals surface area contributed by atoms with Crippen LogP contribution in [0.4, 0.5) is 11.4 Å². The molecule has 4 rings (SSSR count). The van der Waals surface area contributed by atoms with Gasteiger partial charge in [0.1, 0.15) is 5.75 Å². The number of carbonyl (C=O) groups excluding carboxylic acids is 1. The maximum Gasteiger partial charge on any atom is 0.280 e. The Kier molecular flexibility index (Phi) is 5.05. The molecule has 0 radical (unpaired) electrons. The Balaban J connectivity index is 1.57. The molecule has 0 saturated heterocycles. The van der Waals surface area contributed by atoms with Crippen molar-refractivity contribution >= 4 is 23.0 Å². The molecule has 7 nitrogen and oxygen atoms in total. The fraction of sp³-hybridized carbons (Fsp3) is 0.182. The highest BCUT2D eigenvalue weighted by Gasteiger charge is 2.29. The van der Waals surface area contributed by atoms with Crippen LogP contribution in [0.3, 0.4) is 0 Å². The van der Waals surface area contributed by atoms with Crippen LogP contribution in [0.2, 0.25) is 0 Å². The third-order valence-electron chi connectivity index (χ3n) is 4.72. The molecule has 148 valence electrons. The van der Waals surface area contributed by atoms with Gasteiger partial charge in [0.05, 0.1) is 22.7 Å². The van der Waals surface area contributed by atoms with E-state index in [9.17, 15) is 4.79 Å². The van der Waals surface area contributed by atoms with Crippen molar-refractivity contribution in [1.82, 2.24) is 0 Å². The van der Waals surface area contributed by atoms with Gasteiger partial charge in [-0.2, -0.15) is 10.1 Å². The number of amides is 1. The van der Waals surface area contributed by atoms with Crippen molar-refractivity contribution < 1.29 is 19.4 Å². The number of anilines is 2. The summed E-state index contributed by atoms with van der Waals surface area (Å²) in [5.74, 6) is 1.77. The second kappa shape index (κ2) is 7.81. The van der Waals surface area contributed by atoms with E-state index in [1.165, 1.54) is 5.01 Å². The highest BCUT2D eigenvalue weighted by molar-refractivity contribution is 6.29. The number of ether oxygens (including phenoxy) is 2. The normalized spacial score (nSPS) is 18.3. The zero-order chi connectivity index (χ0) is 20.4.